The lowest BCUT2D eigenvalue weighted by atomic mass is 9.92. The van der Waals surface area contributed by atoms with Crippen LogP contribution >= 0.6 is 11.3 Å². The van der Waals surface area contributed by atoms with E-state index in [1.54, 1.807) is 0 Å². The predicted octanol–water partition coefficient (Wildman–Crippen LogP) is 2.76. The lowest BCUT2D eigenvalue weighted by Crippen LogP contribution is -2.42. The molecule has 1 spiro atoms. The minimum absolute atomic E-state index is 0.427. The molecule has 1 atom stereocenters. The van der Waals surface area contributed by atoms with Crippen LogP contribution in [0.15, 0.2) is 24.3 Å². The molecule has 5 rings (SSSR count). The summed E-state index contributed by atoms with van der Waals surface area (Å²) >= 11 is 1.39. The summed E-state index contributed by atoms with van der Waals surface area (Å²) < 4.78 is 5.05. The molecule has 4 amide bonds. The monoisotopic (exact) mass is 492 g/mol. The van der Waals surface area contributed by atoms with Crippen LogP contribution in [0.1, 0.15) is 52.8 Å². The first-order chi connectivity index (χ1) is 16.9. The number of nitriles is 1. The number of benzene rings is 1. The highest BCUT2D eigenvalue weighted by Gasteiger charge is 2.55. The number of esters is 1. The predicted molar refractivity (Wildman–Crippen MR) is 127 cm³/mol. The number of hydrogen-bond acceptors (Lipinski definition) is 7. The fourth-order valence-corrected chi connectivity index (χ4v) is 6.42. The van der Waals surface area contributed by atoms with Crippen molar-refractivity contribution in [2.45, 2.75) is 50.5 Å². The van der Waals surface area contributed by atoms with Gasteiger partial charge in [0.25, 0.3) is 11.8 Å². The number of hydrogen-bond donors (Lipinski definition) is 2. The van der Waals surface area contributed by atoms with Crippen LogP contribution in [0.4, 0.5) is 9.80 Å². The molecule has 1 saturated heterocycles. The number of fused-ring (bicyclic) bond motifs is 3. The molecule has 1 aromatic carbocycles. The Labute approximate surface area is 206 Å². The Bertz CT molecular complexity index is 1280. The molecule has 10 heteroatoms. The highest BCUT2D eigenvalue weighted by atomic mass is 32.1. The number of rotatable bonds is 5. The van der Waals surface area contributed by atoms with E-state index in [4.69, 9.17) is 4.74 Å². The molecule has 180 valence electrons. The number of ether oxygens (including phenoxy) is 1. The van der Waals surface area contributed by atoms with E-state index < -0.39 is 42.5 Å². The summed E-state index contributed by atoms with van der Waals surface area (Å²) in [6.07, 6.45) is 5.97. The average Bonchev–Trinajstić information content (AvgIpc) is 3.38. The lowest BCUT2D eigenvalue weighted by molar-refractivity contribution is -0.150. The molecule has 9 nitrogen and oxygen atoms in total. The molecule has 2 heterocycles. The number of urea groups is 1. The molecule has 0 saturated carbocycles. The van der Waals surface area contributed by atoms with Crippen molar-refractivity contribution in [1.29, 1.82) is 5.26 Å². The fourth-order valence-electron chi connectivity index (χ4n) is 5.17. The van der Waals surface area contributed by atoms with Gasteiger partial charge in [-0.1, -0.05) is 30.7 Å². The number of anilines is 1. The molecule has 0 radical (unpaired) electrons. The Kier molecular flexibility index (Phi) is 6.03. The molecule has 2 aliphatic carbocycles. The lowest BCUT2D eigenvalue weighted by Gasteiger charge is -2.22. The summed E-state index contributed by atoms with van der Waals surface area (Å²) in [4.78, 5) is 52.4. The summed E-state index contributed by atoms with van der Waals surface area (Å²) in [5.41, 5.74) is 2.06. The Morgan fingerprint density at radius 1 is 1.17 bits per heavy atom. The van der Waals surface area contributed by atoms with E-state index in [0.29, 0.717) is 23.4 Å². The first-order valence-electron chi connectivity index (χ1n) is 11.7. The van der Waals surface area contributed by atoms with Gasteiger partial charge < -0.3 is 15.4 Å². The van der Waals surface area contributed by atoms with Crippen LogP contribution in [0.3, 0.4) is 0 Å². The van der Waals surface area contributed by atoms with E-state index in [2.05, 4.69) is 16.7 Å². The summed E-state index contributed by atoms with van der Waals surface area (Å²) in [7, 11) is 0. The second-order valence-electron chi connectivity index (χ2n) is 8.97. The van der Waals surface area contributed by atoms with Crippen LogP contribution in [0, 0.1) is 11.3 Å². The molecule has 3 aliphatic rings. The minimum atomic E-state index is -1.16. The van der Waals surface area contributed by atoms with E-state index in [9.17, 15) is 24.4 Å². The smallest absolute Gasteiger partial charge is 0.326 e. The SMILES string of the molecule is N#Cc1c(NC(=O)COC(=O)CN2C(=O)N[C@]3(CCc4ccccc43)C2=O)sc2c1CCCCC2. The van der Waals surface area contributed by atoms with Gasteiger partial charge in [-0.3, -0.25) is 19.3 Å². The van der Waals surface area contributed by atoms with Gasteiger partial charge in [0.2, 0.25) is 0 Å². The van der Waals surface area contributed by atoms with Crippen LogP contribution in [-0.4, -0.2) is 41.9 Å². The van der Waals surface area contributed by atoms with Gasteiger partial charge in [-0.05, 0) is 55.2 Å². The number of nitrogens with one attached hydrogen (secondary N) is 2. The zero-order valence-corrected chi connectivity index (χ0v) is 19.8. The number of thiophene rings is 1. The van der Waals surface area contributed by atoms with Crippen molar-refractivity contribution in [3.8, 4) is 6.07 Å². The quantitative estimate of drug-likeness (QED) is 0.375. The van der Waals surface area contributed by atoms with Gasteiger partial charge in [0, 0.05) is 4.88 Å². The van der Waals surface area contributed by atoms with Gasteiger partial charge in [-0.2, -0.15) is 5.26 Å². The molecule has 0 bridgehead atoms. The highest BCUT2D eigenvalue weighted by Crippen LogP contribution is 2.41. The molecule has 2 N–H and O–H groups in total. The van der Waals surface area contributed by atoms with E-state index in [-0.39, 0.29) is 0 Å². The van der Waals surface area contributed by atoms with Crippen LogP contribution in [-0.2, 0) is 43.9 Å². The van der Waals surface area contributed by atoms with Crippen molar-refractivity contribution in [2.75, 3.05) is 18.5 Å². The Morgan fingerprint density at radius 2 is 1.97 bits per heavy atom. The number of carbonyl (C=O) groups is 4. The second kappa shape index (κ2) is 9.15. The number of imide groups is 1. The maximum absolute atomic E-state index is 13.1. The zero-order valence-electron chi connectivity index (χ0n) is 19.0. The first-order valence-corrected chi connectivity index (χ1v) is 12.5. The van der Waals surface area contributed by atoms with Crippen LogP contribution < -0.4 is 10.6 Å². The molecule has 0 unspecified atom stereocenters. The molecule has 1 aliphatic heterocycles. The molecule has 35 heavy (non-hydrogen) atoms. The maximum atomic E-state index is 13.1. The van der Waals surface area contributed by atoms with Crippen molar-refractivity contribution < 1.29 is 23.9 Å². The number of carbonyl (C=O) groups excluding carboxylic acids is 4. The van der Waals surface area contributed by atoms with Crippen LogP contribution in [0.2, 0.25) is 0 Å². The van der Waals surface area contributed by atoms with Crippen molar-refractivity contribution in [2.24, 2.45) is 0 Å². The van der Waals surface area contributed by atoms with E-state index in [1.165, 1.54) is 11.3 Å². The number of amides is 4. The van der Waals surface area contributed by atoms with E-state index >= 15 is 0 Å². The summed E-state index contributed by atoms with van der Waals surface area (Å²) in [5.74, 6) is -1.94. The maximum Gasteiger partial charge on any atom is 0.326 e. The largest absolute Gasteiger partial charge is 0.454 e. The van der Waals surface area contributed by atoms with E-state index in [0.717, 1.165) is 58.6 Å². The van der Waals surface area contributed by atoms with Gasteiger partial charge in [-0.25, -0.2) is 4.79 Å². The molecular weight excluding hydrogens is 468 g/mol. The average molecular weight is 493 g/mol. The molecule has 1 fully saturated rings. The van der Waals surface area contributed by atoms with Crippen molar-refractivity contribution >= 4 is 40.2 Å². The second-order valence-corrected chi connectivity index (χ2v) is 10.1. The fraction of sp³-hybridized carbons (Fsp3) is 0.400. The van der Waals surface area contributed by atoms with Gasteiger partial charge in [0.1, 0.15) is 23.2 Å². The third-order valence-electron chi connectivity index (χ3n) is 6.86. The third-order valence-corrected chi connectivity index (χ3v) is 8.07. The Hall–Kier alpha value is -3.71. The van der Waals surface area contributed by atoms with Gasteiger partial charge >= 0.3 is 12.0 Å². The number of nitrogens with zero attached hydrogens (tertiary/aromatic N) is 2. The summed E-state index contributed by atoms with van der Waals surface area (Å²) in [5, 5.41) is 15.5. The van der Waals surface area contributed by atoms with E-state index in [1.807, 2.05) is 24.3 Å². The van der Waals surface area contributed by atoms with Crippen LogP contribution in [0.5, 0.6) is 0 Å². The van der Waals surface area contributed by atoms with Crippen LogP contribution in [0.25, 0.3) is 0 Å². The van der Waals surface area contributed by atoms with Gasteiger partial charge in [0.15, 0.2) is 6.61 Å². The standard InChI is InChI=1S/C25H24N4O5S/c26-12-17-16-7-2-1-3-9-19(16)35-22(17)27-20(30)14-34-21(31)13-29-23(32)25(28-24(29)33)11-10-15-6-4-5-8-18(15)25/h4-6,8H,1-3,7,9-11,13-14H2,(H,27,30)(H,28,33)/t25-/m0/s1. The molecular formula is C25H24N4O5S. The zero-order chi connectivity index (χ0) is 24.6. The Morgan fingerprint density at radius 3 is 2.80 bits per heavy atom. The minimum Gasteiger partial charge on any atom is -0.454 e. The first kappa shape index (κ1) is 23.1. The third kappa shape index (κ3) is 4.06. The van der Waals surface area contributed by atoms with Gasteiger partial charge in [-0.15, -0.1) is 11.3 Å². The molecule has 1 aromatic heterocycles. The van der Waals surface area contributed by atoms with Crippen molar-refractivity contribution in [3.05, 3.63) is 51.4 Å². The Balaban J connectivity index is 1.19. The van der Waals surface area contributed by atoms with Gasteiger partial charge in [0.05, 0.1) is 5.56 Å². The topological polar surface area (TPSA) is 129 Å². The molecule has 2 aromatic rings. The summed E-state index contributed by atoms with van der Waals surface area (Å²) in [6, 6.07) is 8.95. The van der Waals surface area contributed by atoms with Crippen molar-refractivity contribution in [3.63, 3.8) is 0 Å². The number of aryl methyl sites for hydroxylation is 2. The highest BCUT2D eigenvalue weighted by molar-refractivity contribution is 7.16. The summed E-state index contributed by atoms with van der Waals surface area (Å²) in [6.45, 7) is -1.16. The normalized spacial score (nSPS) is 20.6. The van der Waals surface area contributed by atoms with Crippen molar-refractivity contribution in [1.82, 2.24) is 10.2 Å².